The van der Waals surface area contributed by atoms with Crippen LogP contribution in [-0.4, -0.2) is 47.2 Å². The van der Waals surface area contributed by atoms with Gasteiger partial charge in [0.2, 0.25) is 5.95 Å². The summed E-state index contributed by atoms with van der Waals surface area (Å²) in [6.45, 7) is 9.12. The molecular formula is C22H31FN4O2. The van der Waals surface area contributed by atoms with E-state index >= 15 is 0 Å². The van der Waals surface area contributed by atoms with Gasteiger partial charge in [0.1, 0.15) is 5.75 Å². The molecule has 7 heteroatoms. The fraction of sp³-hybridized carbons (Fsp3) is 0.545. The monoisotopic (exact) mass is 402 g/mol. The summed E-state index contributed by atoms with van der Waals surface area (Å²) in [5.74, 6) is 1.30. The van der Waals surface area contributed by atoms with Crippen molar-refractivity contribution in [1.82, 2.24) is 14.9 Å². The number of ether oxygens (including phenoxy) is 2. The van der Waals surface area contributed by atoms with Gasteiger partial charge in [-0.15, -0.1) is 0 Å². The van der Waals surface area contributed by atoms with Crippen molar-refractivity contribution in [3.05, 3.63) is 41.5 Å². The van der Waals surface area contributed by atoms with E-state index < -0.39 is 0 Å². The molecule has 1 aliphatic heterocycles. The Morgan fingerprint density at radius 1 is 1.07 bits per heavy atom. The molecule has 0 unspecified atom stereocenters. The number of nitrogens with one attached hydrogen (secondary N) is 1. The molecule has 0 amide bonds. The Hall–Kier alpha value is -2.41. The Kier molecular flexibility index (Phi) is 7.63. The third-order valence-electron chi connectivity index (χ3n) is 5.13. The lowest BCUT2D eigenvalue weighted by atomic mass is 10.0. The first-order valence-electron chi connectivity index (χ1n) is 10.5. The number of aromatic nitrogens is 2. The van der Waals surface area contributed by atoms with Crippen LogP contribution in [0.3, 0.4) is 0 Å². The molecular weight excluding hydrogens is 371 g/mol. The third-order valence-corrected chi connectivity index (χ3v) is 5.13. The predicted octanol–water partition coefficient (Wildman–Crippen LogP) is 4.05. The second-order valence-electron chi connectivity index (χ2n) is 7.22. The number of rotatable bonds is 9. The molecule has 3 rings (SSSR count). The molecule has 0 atom stereocenters. The fourth-order valence-corrected chi connectivity index (χ4v) is 3.52. The molecule has 1 saturated heterocycles. The maximum absolute atomic E-state index is 14.8. The number of anilines is 1. The quantitative estimate of drug-likeness (QED) is 0.683. The molecule has 1 aromatic carbocycles. The van der Waals surface area contributed by atoms with E-state index in [0.29, 0.717) is 43.1 Å². The zero-order valence-corrected chi connectivity index (χ0v) is 17.6. The lowest BCUT2D eigenvalue weighted by molar-refractivity contribution is 0.207. The van der Waals surface area contributed by atoms with Gasteiger partial charge >= 0.3 is 0 Å². The summed E-state index contributed by atoms with van der Waals surface area (Å²) in [6, 6.07) is 3.75. The molecule has 2 aromatic rings. The van der Waals surface area contributed by atoms with Gasteiger partial charge in [-0.05, 0) is 44.7 Å². The van der Waals surface area contributed by atoms with Crippen LogP contribution < -0.4 is 14.8 Å². The molecule has 158 valence electrons. The van der Waals surface area contributed by atoms with Crippen LogP contribution in [0.25, 0.3) is 0 Å². The van der Waals surface area contributed by atoms with Gasteiger partial charge in [0.25, 0.3) is 0 Å². The number of aryl methyl sites for hydroxylation is 1. The van der Waals surface area contributed by atoms with Gasteiger partial charge in [-0.2, -0.15) is 0 Å². The number of benzene rings is 1. The largest absolute Gasteiger partial charge is 0.494 e. The maximum atomic E-state index is 14.8. The second-order valence-corrected chi connectivity index (χ2v) is 7.22. The summed E-state index contributed by atoms with van der Waals surface area (Å²) in [6.07, 6.45) is 6.60. The molecule has 0 spiro atoms. The van der Waals surface area contributed by atoms with E-state index in [1.807, 2.05) is 26.2 Å². The summed E-state index contributed by atoms with van der Waals surface area (Å²) >= 11 is 0. The second kappa shape index (κ2) is 10.4. The number of hydrogen-bond acceptors (Lipinski definition) is 6. The van der Waals surface area contributed by atoms with Gasteiger partial charge in [-0.1, -0.05) is 6.92 Å². The van der Waals surface area contributed by atoms with Crippen LogP contribution in [0.1, 0.15) is 44.7 Å². The maximum Gasteiger partial charge on any atom is 0.222 e. The molecule has 29 heavy (non-hydrogen) atoms. The zero-order valence-electron chi connectivity index (χ0n) is 17.6. The van der Waals surface area contributed by atoms with Crippen molar-refractivity contribution in [2.45, 2.75) is 52.6 Å². The minimum atomic E-state index is -0.292. The first-order valence-corrected chi connectivity index (χ1v) is 10.5. The van der Waals surface area contributed by atoms with E-state index in [4.69, 9.17) is 9.47 Å². The van der Waals surface area contributed by atoms with Gasteiger partial charge < -0.3 is 14.8 Å². The highest BCUT2D eigenvalue weighted by atomic mass is 19.1. The highest BCUT2D eigenvalue weighted by Gasteiger charge is 2.22. The van der Waals surface area contributed by atoms with Crippen molar-refractivity contribution in [3.8, 4) is 11.5 Å². The highest BCUT2D eigenvalue weighted by Crippen LogP contribution is 2.29. The number of nitrogens with zero attached hydrogens (tertiary/aromatic N) is 3. The first kappa shape index (κ1) is 21.3. The van der Waals surface area contributed by atoms with Crippen LogP contribution in [0.2, 0.25) is 0 Å². The highest BCUT2D eigenvalue weighted by molar-refractivity contribution is 5.40. The minimum absolute atomic E-state index is 0.262. The van der Waals surface area contributed by atoms with Gasteiger partial charge in [-0.3, -0.25) is 4.90 Å². The average Bonchev–Trinajstić information content (AvgIpc) is 2.74. The molecule has 0 bridgehead atoms. The van der Waals surface area contributed by atoms with Crippen LogP contribution >= 0.6 is 0 Å². The molecule has 0 saturated carbocycles. The number of hydrogen-bond donors (Lipinski definition) is 1. The van der Waals surface area contributed by atoms with Gasteiger partial charge in [0.15, 0.2) is 11.6 Å². The Morgan fingerprint density at radius 2 is 1.76 bits per heavy atom. The number of likely N-dealkylation sites (tertiary alicyclic amines) is 1. The lowest BCUT2D eigenvalue weighted by Crippen LogP contribution is -2.39. The Balaban J connectivity index is 1.58. The van der Waals surface area contributed by atoms with Crippen molar-refractivity contribution in [1.29, 1.82) is 0 Å². The Morgan fingerprint density at radius 3 is 2.38 bits per heavy atom. The summed E-state index contributed by atoms with van der Waals surface area (Å²) in [7, 11) is 0. The summed E-state index contributed by atoms with van der Waals surface area (Å²) in [4.78, 5) is 11.0. The summed E-state index contributed by atoms with van der Waals surface area (Å²) < 4.78 is 25.9. The van der Waals surface area contributed by atoms with E-state index in [2.05, 4.69) is 27.1 Å². The SMILES string of the molecule is CCOc1cc(CN2CCC(Nc3ncc(CC)cn3)CC2)c(F)c(OCC)c1. The number of halogens is 1. The van der Waals surface area contributed by atoms with E-state index in [1.165, 1.54) is 0 Å². The smallest absolute Gasteiger partial charge is 0.222 e. The van der Waals surface area contributed by atoms with Crippen LogP contribution in [0.15, 0.2) is 24.5 Å². The molecule has 6 nitrogen and oxygen atoms in total. The molecule has 1 N–H and O–H groups in total. The normalized spacial score (nSPS) is 15.3. The lowest BCUT2D eigenvalue weighted by Gasteiger charge is -2.32. The molecule has 0 radical (unpaired) electrons. The van der Waals surface area contributed by atoms with Gasteiger partial charge in [-0.25, -0.2) is 14.4 Å². The Bertz CT molecular complexity index is 777. The predicted molar refractivity (Wildman–Crippen MR) is 112 cm³/mol. The van der Waals surface area contributed by atoms with Crippen molar-refractivity contribution >= 4 is 5.95 Å². The van der Waals surface area contributed by atoms with Crippen molar-refractivity contribution in [2.24, 2.45) is 0 Å². The topological polar surface area (TPSA) is 59.5 Å². The van der Waals surface area contributed by atoms with E-state index in [-0.39, 0.29) is 11.6 Å². The van der Waals surface area contributed by atoms with Crippen molar-refractivity contribution in [3.63, 3.8) is 0 Å². The van der Waals surface area contributed by atoms with Crippen LogP contribution in [0.5, 0.6) is 11.5 Å². The number of piperidine rings is 1. The van der Waals surface area contributed by atoms with Crippen LogP contribution in [0.4, 0.5) is 10.3 Å². The van der Waals surface area contributed by atoms with Gasteiger partial charge in [0, 0.05) is 49.7 Å². The average molecular weight is 403 g/mol. The Labute approximate surface area is 172 Å². The van der Waals surface area contributed by atoms with Crippen molar-refractivity contribution < 1.29 is 13.9 Å². The molecule has 1 fully saturated rings. The fourth-order valence-electron chi connectivity index (χ4n) is 3.52. The summed E-state index contributed by atoms with van der Waals surface area (Å²) in [5, 5.41) is 3.42. The van der Waals surface area contributed by atoms with E-state index in [9.17, 15) is 4.39 Å². The van der Waals surface area contributed by atoms with Crippen molar-refractivity contribution in [2.75, 3.05) is 31.6 Å². The third kappa shape index (κ3) is 5.79. The minimum Gasteiger partial charge on any atom is -0.494 e. The van der Waals surface area contributed by atoms with E-state index in [1.54, 1.807) is 12.1 Å². The molecule has 0 aliphatic carbocycles. The molecule has 1 aliphatic rings. The molecule has 2 heterocycles. The standard InChI is InChI=1S/C22H31FN4O2/c1-4-16-13-24-22(25-14-16)26-18-7-9-27(10-8-18)15-17-11-19(28-5-2)12-20(21(17)23)29-6-3/h11-14,18H,4-10,15H2,1-3H3,(H,24,25,26). The van der Waals surface area contributed by atoms with Gasteiger partial charge in [0.05, 0.1) is 13.2 Å². The van der Waals surface area contributed by atoms with Crippen LogP contribution in [0, 0.1) is 5.82 Å². The summed E-state index contributed by atoms with van der Waals surface area (Å²) in [5.41, 5.74) is 1.75. The molecule has 1 aromatic heterocycles. The zero-order chi connectivity index (χ0) is 20.6. The first-order chi connectivity index (χ1) is 14.1. The van der Waals surface area contributed by atoms with Crippen LogP contribution in [-0.2, 0) is 13.0 Å². The van der Waals surface area contributed by atoms with E-state index in [0.717, 1.165) is 37.9 Å².